The summed E-state index contributed by atoms with van der Waals surface area (Å²) < 4.78 is 33.7. The molecule has 70 heavy (non-hydrogen) atoms. The summed E-state index contributed by atoms with van der Waals surface area (Å²) in [6, 6.07) is 0. The molecule has 1 aliphatic carbocycles. The number of aliphatic hydroxyl groups is 5. The second-order valence-electron chi connectivity index (χ2n) is 20.1. The van der Waals surface area contributed by atoms with E-state index in [0.717, 1.165) is 57.8 Å². The van der Waals surface area contributed by atoms with Crippen molar-refractivity contribution in [2.75, 3.05) is 13.2 Å². The van der Waals surface area contributed by atoms with Gasteiger partial charge in [0.25, 0.3) is 0 Å². The minimum atomic E-state index is -5.12. The zero-order chi connectivity index (χ0) is 51.3. The summed E-state index contributed by atoms with van der Waals surface area (Å²) in [6.07, 6.45) is 40.8. The van der Waals surface area contributed by atoms with Gasteiger partial charge < -0.3 is 39.9 Å². The summed E-state index contributed by atoms with van der Waals surface area (Å²) in [6.45, 7) is 3.35. The number of rotatable bonds is 49. The van der Waals surface area contributed by atoms with Gasteiger partial charge in [0.1, 0.15) is 43.2 Å². The van der Waals surface area contributed by atoms with Crippen molar-refractivity contribution in [2.45, 2.75) is 307 Å². The lowest BCUT2D eigenvalue weighted by Crippen LogP contribution is -2.64. The van der Waals surface area contributed by atoms with E-state index >= 15 is 0 Å². The molecule has 1 rings (SSSR count). The Bertz CT molecular complexity index is 1310. The molecule has 0 heterocycles. The van der Waals surface area contributed by atoms with Crippen LogP contribution in [0.25, 0.3) is 0 Å². The number of phosphoric ester groups is 1. The van der Waals surface area contributed by atoms with E-state index < -0.39 is 75.7 Å². The van der Waals surface area contributed by atoms with Crippen molar-refractivity contribution >= 4 is 19.8 Å². The number of hydrogen-bond acceptors (Lipinski definition) is 12. The highest BCUT2D eigenvalue weighted by Crippen LogP contribution is 2.47. The number of carbonyl (C=O) groups excluding carboxylic acids is 2. The second kappa shape index (κ2) is 45.9. The Kier molecular flexibility index (Phi) is 43.5. The standard InChI is InChI=1S/C56H105O13P/c1-3-5-7-9-11-13-15-17-19-21-23-24-25-26-27-29-31-33-35-37-39-41-43-45-50(58)68-48(47-67-70(64,65)69-56-54(62)52(60)51(59)53(61)55(56)63)46-66-49(57)44-42-40-38-36-34-32-30-28-22-20-18-16-14-12-10-8-6-4-2/h20-23,48,51-56,59-63H,3-19,24-47H2,1-2H3,(H,64,65)/b22-20-,23-21-. The Balaban J connectivity index is 2.33. The van der Waals surface area contributed by atoms with Crippen molar-refractivity contribution in [3.63, 3.8) is 0 Å². The number of ether oxygens (including phenoxy) is 2. The first kappa shape index (κ1) is 66.3. The molecule has 0 aliphatic heterocycles. The zero-order valence-corrected chi connectivity index (χ0v) is 45.2. The van der Waals surface area contributed by atoms with Gasteiger partial charge in [0, 0.05) is 12.8 Å². The molecule has 1 fully saturated rings. The van der Waals surface area contributed by atoms with Gasteiger partial charge in [-0.1, -0.05) is 212 Å². The summed E-state index contributed by atoms with van der Waals surface area (Å²) in [4.78, 5) is 35.9. The number of carbonyl (C=O) groups is 2. The number of allylic oxidation sites excluding steroid dienone is 4. The molecule has 0 aromatic carbocycles. The largest absolute Gasteiger partial charge is 0.472 e. The van der Waals surface area contributed by atoms with Crippen LogP contribution in [0.5, 0.6) is 0 Å². The van der Waals surface area contributed by atoms with Gasteiger partial charge >= 0.3 is 19.8 Å². The van der Waals surface area contributed by atoms with Crippen LogP contribution in [0.4, 0.5) is 0 Å². The molecule has 0 radical (unpaired) electrons. The summed E-state index contributed by atoms with van der Waals surface area (Å²) >= 11 is 0. The van der Waals surface area contributed by atoms with Crippen LogP contribution < -0.4 is 0 Å². The van der Waals surface area contributed by atoms with Crippen LogP contribution in [-0.2, 0) is 32.7 Å². The highest BCUT2D eigenvalue weighted by atomic mass is 31.2. The molecule has 13 nitrogen and oxygen atoms in total. The van der Waals surface area contributed by atoms with E-state index in [4.69, 9.17) is 18.5 Å². The van der Waals surface area contributed by atoms with Gasteiger partial charge in [-0.3, -0.25) is 18.6 Å². The quantitative estimate of drug-likeness (QED) is 0.0145. The zero-order valence-electron chi connectivity index (χ0n) is 44.3. The minimum Gasteiger partial charge on any atom is -0.462 e. The maximum atomic E-state index is 12.9. The monoisotopic (exact) mass is 1020 g/mol. The normalized spacial score (nSPS) is 20.9. The van der Waals surface area contributed by atoms with Crippen molar-refractivity contribution in [3.8, 4) is 0 Å². The summed E-state index contributed by atoms with van der Waals surface area (Å²) in [5.74, 6) is -1.09. The lowest BCUT2D eigenvalue weighted by molar-refractivity contribution is -0.220. The summed E-state index contributed by atoms with van der Waals surface area (Å²) in [5, 5.41) is 50.4. The first-order valence-corrected chi connectivity index (χ1v) is 30.1. The van der Waals surface area contributed by atoms with Gasteiger partial charge in [0.05, 0.1) is 6.61 Å². The van der Waals surface area contributed by atoms with Gasteiger partial charge in [-0.15, -0.1) is 0 Å². The average Bonchev–Trinajstić information content (AvgIpc) is 3.34. The van der Waals surface area contributed by atoms with Crippen molar-refractivity contribution in [1.82, 2.24) is 0 Å². The fourth-order valence-electron chi connectivity index (χ4n) is 8.93. The third-order valence-corrected chi connectivity index (χ3v) is 14.5. The highest BCUT2D eigenvalue weighted by molar-refractivity contribution is 7.47. The molecular weight excluding hydrogens is 912 g/mol. The van der Waals surface area contributed by atoms with Crippen molar-refractivity contribution < 1.29 is 63.1 Å². The Hall–Kier alpha value is -1.67. The molecule has 14 heteroatoms. The van der Waals surface area contributed by atoms with E-state index in [-0.39, 0.29) is 12.8 Å². The van der Waals surface area contributed by atoms with Crippen LogP contribution in [0.1, 0.15) is 264 Å². The van der Waals surface area contributed by atoms with E-state index in [0.29, 0.717) is 12.8 Å². The number of aliphatic hydroxyl groups excluding tert-OH is 5. The minimum absolute atomic E-state index is 0.0979. The van der Waals surface area contributed by atoms with Crippen LogP contribution in [0.2, 0.25) is 0 Å². The van der Waals surface area contributed by atoms with E-state index in [1.54, 1.807) is 0 Å². The third kappa shape index (κ3) is 37.1. The number of hydrogen-bond donors (Lipinski definition) is 6. The fraction of sp³-hybridized carbons (Fsp3) is 0.893. The molecule has 6 atom stereocenters. The number of unbranched alkanes of at least 4 members (excludes halogenated alkanes) is 33. The van der Waals surface area contributed by atoms with E-state index in [9.17, 15) is 44.6 Å². The van der Waals surface area contributed by atoms with Crippen molar-refractivity contribution in [2.24, 2.45) is 0 Å². The third-order valence-electron chi connectivity index (χ3n) is 13.5. The van der Waals surface area contributed by atoms with Crippen LogP contribution in [-0.4, -0.2) is 98.3 Å². The maximum absolute atomic E-state index is 12.9. The van der Waals surface area contributed by atoms with Crippen molar-refractivity contribution in [3.05, 3.63) is 24.3 Å². The van der Waals surface area contributed by atoms with Crippen molar-refractivity contribution in [1.29, 1.82) is 0 Å². The number of esters is 2. The predicted molar refractivity (Wildman–Crippen MR) is 281 cm³/mol. The Labute approximate surface area is 426 Å². The van der Waals surface area contributed by atoms with E-state index in [2.05, 4.69) is 38.2 Å². The molecule has 412 valence electrons. The second-order valence-corrected chi connectivity index (χ2v) is 21.5. The molecule has 6 unspecified atom stereocenters. The predicted octanol–water partition coefficient (Wildman–Crippen LogP) is 13.1. The van der Waals surface area contributed by atoms with Crippen LogP contribution in [0, 0.1) is 0 Å². The molecule has 0 saturated heterocycles. The Morgan fingerprint density at radius 3 is 1.09 bits per heavy atom. The molecule has 1 aliphatic rings. The lowest BCUT2D eigenvalue weighted by Gasteiger charge is -2.41. The van der Waals surface area contributed by atoms with Crippen LogP contribution >= 0.6 is 7.82 Å². The fourth-order valence-corrected chi connectivity index (χ4v) is 9.90. The number of phosphoric acid groups is 1. The van der Waals surface area contributed by atoms with Gasteiger partial charge in [0.15, 0.2) is 6.10 Å². The summed E-state index contributed by atoms with van der Waals surface area (Å²) in [7, 11) is -5.12. The summed E-state index contributed by atoms with van der Waals surface area (Å²) in [5.41, 5.74) is 0. The molecule has 0 spiro atoms. The molecule has 0 aromatic rings. The SMILES string of the molecule is CCCCCCCCC/C=C\CCCCCCCCCC(=O)OCC(COP(=O)(O)OC1C(O)C(O)C(O)C(O)C1O)OC(=O)CCCCCCCCCCCCC/C=C\CCCCCCCCCC. The van der Waals surface area contributed by atoms with E-state index in [1.165, 1.54) is 167 Å². The molecule has 0 amide bonds. The van der Waals surface area contributed by atoms with Gasteiger partial charge in [0.2, 0.25) is 0 Å². The topological polar surface area (TPSA) is 210 Å². The average molecular weight is 1020 g/mol. The first-order chi connectivity index (χ1) is 33.9. The molecular formula is C56H105O13P. The first-order valence-electron chi connectivity index (χ1n) is 28.6. The smallest absolute Gasteiger partial charge is 0.462 e. The van der Waals surface area contributed by atoms with Crippen LogP contribution in [0.3, 0.4) is 0 Å². The van der Waals surface area contributed by atoms with Crippen LogP contribution in [0.15, 0.2) is 24.3 Å². The molecule has 0 bridgehead atoms. The molecule has 0 aromatic heterocycles. The Morgan fingerprint density at radius 1 is 0.429 bits per heavy atom. The Morgan fingerprint density at radius 2 is 0.729 bits per heavy atom. The maximum Gasteiger partial charge on any atom is 0.472 e. The van der Waals surface area contributed by atoms with Gasteiger partial charge in [-0.05, 0) is 64.2 Å². The highest BCUT2D eigenvalue weighted by Gasteiger charge is 2.51. The van der Waals surface area contributed by atoms with Gasteiger partial charge in [-0.25, -0.2) is 4.57 Å². The molecule has 1 saturated carbocycles. The lowest BCUT2D eigenvalue weighted by atomic mass is 9.85. The van der Waals surface area contributed by atoms with Gasteiger partial charge in [-0.2, -0.15) is 0 Å². The van der Waals surface area contributed by atoms with E-state index in [1.807, 2.05) is 0 Å². The molecule has 6 N–H and O–H groups in total.